The quantitative estimate of drug-likeness (QED) is 0.609. The summed E-state index contributed by atoms with van der Waals surface area (Å²) in [6.07, 6.45) is 7.05. The van der Waals surface area contributed by atoms with Crippen LogP contribution in [0.15, 0.2) is 23.9 Å². The smallest absolute Gasteiger partial charge is 0.0652 e. The van der Waals surface area contributed by atoms with Crippen LogP contribution in [-0.2, 0) is 0 Å². The second-order valence-electron chi connectivity index (χ2n) is 3.57. The molecule has 1 aliphatic rings. The van der Waals surface area contributed by atoms with E-state index in [1.807, 2.05) is 6.08 Å². The number of aliphatic hydroxyl groups is 1. The van der Waals surface area contributed by atoms with Gasteiger partial charge in [0, 0.05) is 12.2 Å². The van der Waals surface area contributed by atoms with Crippen LogP contribution in [0.2, 0.25) is 0 Å². The van der Waals surface area contributed by atoms with E-state index in [2.05, 4.69) is 36.6 Å². The second-order valence-corrected chi connectivity index (χ2v) is 3.57. The lowest BCUT2D eigenvalue weighted by atomic mass is 9.91. The fourth-order valence-corrected chi connectivity index (χ4v) is 1.67. The van der Waals surface area contributed by atoms with Crippen molar-refractivity contribution in [1.82, 2.24) is 10.6 Å². The van der Waals surface area contributed by atoms with E-state index in [4.69, 9.17) is 0 Å². The SMILES string of the molecule is CCNC1=CCC(CO)(NCC)C=C1. The Morgan fingerprint density at radius 1 is 1.43 bits per heavy atom. The van der Waals surface area contributed by atoms with Crippen LogP contribution in [-0.4, -0.2) is 30.3 Å². The Hall–Kier alpha value is -0.800. The van der Waals surface area contributed by atoms with Gasteiger partial charge in [0.05, 0.1) is 12.1 Å². The molecule has 3 nitrogen and oxygen atoms in total. The largest absolute Gasteiger partial charge is 0.394 e. The van der Waals surface area contributed by atoms with E-state index in [0.29, 0.717) is 0 Å². The first-order chi connectivity index (χ1) is 6.76. The zero-order valence-corrected chi connectivity index (χ0v) is 9.01. The fraction of sp³-hybridized carbons (Fsp3) is 0.636. The lowest BCUT2D eigenvalue weighted by Crippen LogP contribution is -2.47. The van der Waals surface area contributed by atoms with Gasteiger partial charge in [0.25, 0.3) is 0 Å². The zero-order chi connectivity index (χ0) is 10.4. The molecule has 0 spiro atoms. The van der Waals surface area contributed by atoms with Crippen molar-refractivity contribution in [3.05, 3.63) is 23.9 Å². The van der Waals surface area contributed by atoms with Crippen molar-refractivity contribution < 1.29 is 5.11 Å². The minimum Gasteiger partial charge on any atom is -0.394 e. The van der Waals surface area contributed by atoms with E-state index >= 15 is 0 Å². The van der Waals surface area contributed by atoms with Gasteiger partial charge in [-0.05, 0) is 26.0 Å². The molecule has 0 aromatic rings. The molecule has 0 radical (unpaired) electrons. The number of likely N-dealkylation sites (N-methyl/N-ethyl adjacent to an activating group) is 2. The summed E-state index contributed by atoms with van der Waals surface area (Å²) in [5, 5.41) is 15.9. The molecule has 0 aromatic heterocycles. The van der Waals surface area contributed by atoms with Crippen molar-refractivity contribution in [2.24, 2.45) is 0 Å². The molecule has 0 fully saturated rings. The van der Waals surface area contributed by atoms with Crippen molar-refractivity contribution in [2.75, 3.05) is 19.7 Å². The van der Waals surface area contributed by atoms with Crippen LogP contribution in [0.3, 0.4) is 0 Å². The van der Waals surface area contributed by atoms with E-state index < -0.39 is 0 Å². The zero-order valence-electron chi connectivity index (χ0n) is 9.01. The van der Waals surface area contributed by atoms with Crippen molar-refractivity contribution >= 4 is 0 Å². The van der Waals surface area contributed by atoms with Crippen LogP contribution in [0.1, 0.15) is 20.3 Å². The first-order valence-electron chi connectivity index (χ1n) is 5.25. The van der Waals surface area contributed by atoms with Gasteiger partial charge < -0.3 is 15.7 Å². The Kier molecular flexibility index (Phi) is 4.17. The monoisotopic (exact) mass is 196 g/mol. The van der Waals surface area contributed by atoms with Crippen LogP contribution in [0.4, 0.5) is 0 Å². The first kappa shape index (κ1) is 11.3. The summed E-state index contributed by atoms with van der Waals surface area (Å²) in [6, 6.07) is 0. The Bertz CT molecular complexity index is 235. The lowest BCUT2D eigenvalue weighted by Gasteiger charge is -2.31. The maximum atomic E-state index is 9.33. The maximum absolute atomic E-state index is 9.33. The van der Waals surface area contributed by atoms with Crippen LogP contribution in [0, 0.1) is 0 Å². The highest BCUT2D eigenvalue weighted by Crippen LogP contribution is 2.19. The van der Waals surface area contributed by atoms with Crippen molar-refractivity contribution in [3.8, 4) is 0 Å². The molecule has 0 heterocycles. The molecule has 80 valence electrons. The average molecular weight is 196 g/mol. The molecule has 14 heavy (non-hydrogen) atoms. The topological polar surface area (TPSA) is 44.3 Å². The minimum atomic E-state index is -0.242. The Morgan fingerprint density at radius 3 is 2.64 bits per heavy atom. The van der Waals surface area contributed by atoms with Gasteiger partial charge in [-0.3, -0.25) is 0 Å². The molecule has 0 bridgehead atoms. The summed E-state index contributed by atoms with van der Waals surface area (Å²) in [6.45, 7) is 6.08. The maximum Gasteiger partial charge on any atom is 0.0652 e. The van der Waals surface area contributed by atoms with Crippen molar-refractivity contribution in [3.63, 3.8) is 0 Å². The average Bonchev–Trinajstić information content (AvgIpc) is 2.22. The van der Waals surface area contributed by atoms with Crippen molar-refractivity contribution in [2.45, 2.75) is 25.8 Å². The molecule has 0 aromatic carbocycles. The molecular formula is C11H20N2O. The second kappa shape index (κ2) is 5.17. The molecule has 1 rings (SSSR count). The normalized spacial score (nSPS) is 26.1. The Balaban J connectivity index is 2.59. The molecule has 3 heteroatoms. The molecule has 1 aliphatic carbocycles. The molecular weight excluding hydrogens is 176 g/mol. The van der Waals surface area contributed by atoms with Gasteiger partial charge in [0.15, 0.2) is 0 Å². The third kappa shape index (κ3) is 2.59. The van der Waals surface area contributed by atoms with Crippen LogP contribution in [0.25, 0.3) is 0 Å². The number of aliphatic hydroxyl groups excluding tert-OH is 1. The lowest BCUT2D eigenvalue weighted by molar-refractivity contribution is 0.198. The van der Waals surface area contributed by atoms with Gasteiger partial charge in [-0.25, -0.2) is 0 Å². The Morgan fingerprint density at radius 2 is 2.21 bits per heavy atom. The molecule has 1 unspecified atom stereocenters. The van der Waals surface area contributed by atoms with Gasteiger partial charge in [-0.1, -0.05) is 19.1 Å². The fourth-order valence-electron chi connectivity index (χ4n) is 1.67. The molecule has 0 aliphatic heterocycles. The highest BCUT2D eigenvalue weighted by Gasteiger charge is 2.25. The van der Waals surface area contributed by atoms with Crippen LogP contribution >= 0.6 is 0 Å². The summed E-state index contributed by atoms with van der Waals surface area (Å²) in [5.74, 6) is 0. The van der Waals surface area contributed by atoms with Crippen LogP contribution in [0.5, 0.6) is 0 Å². The van der Waals surface area contributed by atoms with E-state index in [1.54, 1.807) is 0 Å². The summed E-state index contributed by atoms with van der Waals surface area (Å²) < 4.78 is 0. The highest BCUT2D eigenvalue weighted by atomic mass is 16.3. The van der Waals surface area contributed by atoms with Gasteiger partial charge >= 0.3 is 0 Å². The van der Waals surface area contributed by atoms with Gasteiger partial charge in [0.2, 0.25) is 0 Å². The minimum absolute atomic E-state index is 0.146. The van der Waals surface area contributed by atoms with Gasteiger partial charge in [0.1, 0.15) is 0 Å². The van der Waals surface area contributed by atoms with Crippen molar-refractivity contribution in [1.29, 1.82) is 0 Å². The number of nitrogens with one attached hydrogen (secondary N) is 2. The third-order valence-corrected chi connectivity index (χ3v) is 2.46. The summed E-state index contributed by atoms with van der Waals surface area (Å²) in [7, 11) is 0. The standard InChI is InChI=1S/C11H20N2O/c1-3-12-10-5-7-11(9-14,8-6-10)13-4-2/h5-7,12-14H,3-4,8-9H2,1-2H3. The van der Waals surface area contributed by atoms with E-state index in [0.717, 1.165) is 25.2 Å². The first-order valence-corrected chi connectivity index (χ1v) is 5.25. The molecule has 0 amide bonds. The summed E-state index contributed by atoms with van der Waals surface area (Å²) >= 11 is 0. The van der Waals surface area contributed by atoms with E-state index in [-0.39, 0.29) is 12.1 Å². The van der Waals surface area contributed by atoms with E-state index in [9.17, 15) is 5.11 Å². The number of hydrogen-bond donors (Lipinski definition) is 3. The van der Waals surface area contributed by atoms with Crippen LogP contribution < -0.4 is 10.6 Å². The number of rotatable bonds is 5. The molecule has 3 N–H and O–H groups in total. The van der Waals surface area contributed by atoms with Gasteiger partial charge in [-0.2, -0.15) is 0 Å². The number of allylic oxidation sites excluding steroid dienone is 1. The van der Waals surface area contributed by atoms with Gasteiger partial charge in [-0.15, -0.1) is 0 Å². The molecule has 0 saturated heterocycles. The highest BCUT2D eigenvalue weighted by molar-refractivity contribution is 5.28. The predicted molar refractivity (Wildman–Crippen MR) is 59.0 cm³/mol. The molecule has 1 atom stereocenters. The Labute approximate surface area is 85.9 Å². The third-order valence-electron chi connectivity index (χ3n) is 2.46. The molecule has 0 saturated carbocycles. The predicted octanol–water partition coefficient (Wildman–Crippen LogP) is 0.780. The summed E-state index contributed by atoms with van der Waals surface area (Å²) in [5.41, 5.74) is 0.905. The number of hydrogen-bond acceptors (Lipinski definition) is 3. The van der Waals surface area contributed by atoms with E-state index in [1.165, 1.54) is 0 Å². The summed E-state index contributed by atoms with van der Waals surface area (Å²) in [4.78, 5) is 0.